The number of rotatable bonds is 4. The first-order valence-corrected chi connectivity index (χ1v) is 6.48. The van der Waals surface area contributed by atoms with E-state index in [1.54, 1.807) is 0 Å². The van der Waals surface area contributed by atoms with Crippen molar-refractivity contribution in [2.45, 2.75) is 46.5 Å². The van der Waals surface area contributed by atoms with E-state index in [0.717, 1.165) is 38.9 Å². The van der Waals surface area contributed by atoms with Crippen molar-refractivity contribution in [2.75, 3.05) is 19.6 Å². The molecule has 3 nitrogen and oxygen atoms in total. The van der Waals surface area contributed by atoms with Crippen molar-refractivity contribution in [3.63, 3.8) is 0 Å². The zero-order chi connectivity index (χ0) is 12.2. The molecule has 0 radical (unpaired) electrons. The molecule has 3 heteroatoms. The van der Waals surface area contributed by atoms with Gasteiger partial charge in [-0.2, -0.15) is 0 Å². The number of hydrogen-bond acceptors (Lipinski definition) is 2. The number of amides is 1. The Bertz CT molecular complexity index is 232. The van der Waals surface area contributed by atoms with Gasteiger partial charge in [0.15, 0.2) is 0 Å². The van der Waals surface area contributed by atoms with Gasteiger partial charge in [-0.25, -0.2) is 0 Å². The summed E-state index contributed by atoms with van der Waals surface area (Å²) in [6.07, 6.45) is 3.89. The molecule has 0 aliphatic carbocycles. The summed E-state index contributed by atoms with van der Waals surface area (Å²) in [6, 6.07) is 0. The fraction of sp³-hybridized carbons (Fsp3) is 0.923. The van der Waals surface area contributed by atoms with Crippen LogP contribution in [0.15, 0.2) is 0 Å². The number of nitrogens with two attached hydrogens (primary N) is 1. The monoisotopic (exact) mass is 226 g/mol. The van der Waals surface area contributed by atoms with Gasteiger partial charge in [-0.05, 0) is 30.7 Å². The van der Waals surface area contributed by atoms with E-state index in [1.807, 2.05) is 4.90 Å². The predicted molar refractivity (Wildman–Crippen MR) is 67.0 cm³/mol. The lowest BCUT2D eigenvalue weighted by Gasteiger charge is -2.39. The molecule has 94 valence electrons. The molecule has 1 unspecified atom stereocenters. The zero-order valence-corrected chi connectivity index (χ0v) is 11.0. The second-order valence-electron chi connectivity index (χ2n) is 5.61. The summed E-state index contributed by atoms with van der Waals surface area (Å²) in [5.74, 6) is 0.837. The Labute approximate surface area is 99.4 Å². The maximum atomic E-state index is 12.0. The minimum absolute atomic E-state index is 0.257. The van der Waals surface area contributed by atoms with Crippen LogP contribution in [-0.2, 0) is 4.79 Å². The van der Waals surface area contributed by atoms with Crippen LogP contribution >= 0.6 is 0 Å². The molecule has 1 amide bonds. The lowest BCUT2D eigenvalue weighted by atomic mass is 9.80. The van der Waals surface area contributed by atoms with Gasteiger partial charge in [0, 0.05) is 19.5 Å². The summed E-state index contributed by atoms with van der Waals surface area (Å²) < 4.78 is 0. The molecule has 0 spiro atoms. The molecular weight excluding hydrogens is 200 g/mol. The van der Waals surface area contributed by atoms with Crippen LogP contribution in [0.4, 0.5) is 0 Å². The Morgan fingerprint density at radius 2 is 2.00 bits per heavy atom. The Kier molecular flexibility index (Phi) is 4.78. The number of nitrogens with zero attached hydrogens (tertiary/aromatic N) is 1. The molecule has 0 bridgehead atoms. The summed E-state index contributed by atoms with van der Waals surface area (Å²) >= 11 is 0. The molecular formula is C13H26N2O. The highest BCUT2D eigenvalue weighted by molar-refractivity contribution is 5.76. The van der Waals surface area contributed by atoms with Crippen LogP contribution in [-0.4, -0.2) is 30.4 Å². The summed E-state index contributed by atoms with van der Waals surface area (Å²) in [5.41, 5.74) is 6.01. The van der Waals surface area contributed by atoms with Gasteiger partial charge < -0.3 is 10.6 Å². The van der Waals surface area contributed by atoms with Gasteiger partial charge in [-0.15, -0.1) is 0 Å². The van der Waals surface area contributed by atoms with Gasteiger partial charge in [0.05, 0.1) is 0 Å². The van der Waals surface area contributed by atoms with E-state index in [2.05, 4.69) is 20.8 Å². The van der Waals surface area contributed by atoms with Gasteiger partial charge in [0.2, 0.25) is 5.91 Å². The van der Waals surface area contributed by atoms with Gasteiger partial charge in [0.1, 0.15) is 0 Å². The van der Waals surface area contributed by atoms with Crippen molar-refractivity contribution in [1.29, 1.82) is 0 Å². The number of carbonyl (C=O) groups is 1. The van der Waals surface area contributed by atoms with Crippen molar-refractivity contribution in [2.24, 2.45) is 17.1 Å². The first-order valence-electron chi connectivity index (χ1n) is 6.48. The quantitative estimate of drug-likeness (QED) is 0.797. The molecule has 1 saturated heterocycles. The Morgan fingerprint density at radius 3 is 2.44 bits per heavy atom. The zero-order valence-electron chi connectivity index (χ0n) is 11.0. The van der Waals surface area contributed by atoms with E-state index < -0.39 is 0 Å². The summed E-state index contributed by atoms with van der Waals surface area (Å²) in [7, 11) is 0. The number of hydrogen-bond donors (Lipinski definition) is 1. The largest absolute Gasteiger partial charge is 0.343 e. The van der Waals surface area contributed by atoms with Gasteiger partial charge in [0.25, 0.3) is 0 Å². The highest BCUT2D eigenvalue weighted by Gasteiger charge is 2.30. The van der Waals surface area contributed by atoms with Crippen LogP contribution in [0.5, 0.6) is 0 Å². The molecule has 0 aromatic heterocycles. The van der Waals surface area contributed by atoms with Crippen LogP contribution in [0.1, 0.15) is 46.5 Å². The van der Waals surface area contributed by atoms with E-state index in [4.69, 9.17) is 5.73 Å². The van der Waals surface area contributed by atoms with Crippen LogP contribution in [0.25, 0.3) is 0 Å². The fourth-order valence-electron chi connectivity index (χ4n) is 2.07. The van der Waals surface area contributed by atoms with Crippen molar-refractivity contribution in [3.05, 3.63) is 0 Å². The molecule has 1 atom stereocenters. The third-order valence-corrected chi connectivity index (χ3v) is 4.04. The minimum atomic E-state index is 0.257. The minimum Gasteiger partial charge on any atom is -0.343 e. The molecule has 1 heterocycles. The lowest BCUT2D eigenvalue weighted by molar-refractivity contribution is -0.134. The van der Waals surface area contributed by atoms with Crippen LogP contribution in [0.2, 0.25) is 0 Å². The predicted octanol–water partition coefficient (Wildman–Crippen LogP) is 2.01. The Morgan fingerprint density at radius 1 is 1.44 bits per heavy atom. The molecule has 16 heavy (non-hydrogen) atoms. The van der Waals surface area contributed by atoms with Crippen molar-refractivity contribution in [3.8, 4) is 0 Å². The highest BCUT2D eigenvalue weighted by Crippen LogP contribution is 2.29. The number of piperidine rings is 1. The summed E-state index contributed by atoms with van der Waals surface area (Å²) in [5, 5.41) is 0. The molecule has 0 aromatic rings. The third-order valence-electron chi connectivity index (χ3n) is 4.04. The van der Waals surface area contributed by atoms with Gasteiger partial charge in [-0.3, -0.25) is 4.79 Å². The van der Waals surface area contributed by atoms with E-state index in [1.165, 1.54) is 0 Å². The summed E-state index contributed by atoms with van der Waals surface area (Å²) in [4.78, 5) is 14.0. The van der Waals surface area contributed by atoms with Gasteiger partial charge >= 0.3 is 0 Å². The fourth-order valence-corrected chi connectivity index (χ4v) is 2.07. The second kappa shape index (κ2) is 5.67. The van der Waals surface area contributed by atoms with Crippen LogP contribution in [0, 0.1) is 11.3 Å². The maximum Gasteiger partial charge on any atom is 0.222 e. The Hall–Kier alpha value is -0.570. The molecule has 0 saturated carbocycles. The normalized spacial score (nSPS) is 21.9. The maximum absolute atomic E-state index is 12.0. The number of likely N-dealkylation sites (tertiary alicyclic amines) is 1. The van der Waals surface area contributed by atoms with E-state index >= 15 is 0 Å². The Balaban J connectivity index is 2.39. The molecule has 1 rings (SSSR count). The first-order chi connectivity index (χ1) is 7.50. The van der Waals surface area contributed by atoms with E-state index in [0.29, 0.717) is 18.2 Å². The average Bonchev–Trinajstić information content (AvgIpc) is 2.29. The summed E-state index contributed by atoms with van der Waals surface area (Å²) in [6.45, 7) is 9.03. The molecule has 1 fully saturated rings. The lowest BCUT2D eigenvalue weighted by Crippen LogP contribution is -2.45. The van der Waals surface area contributed by atoms with E-state index in [-0.39, 0.29) is 5.41 Å². The second-order valence-corrected chi connectivity index (χ2v) is 5.61. The molecule has 1 aliphatic rings. The number of carbonyl (C=O) groups excluding carboxylic acids is 1. The average molecular weight is 226 g/mol. The molecule has 2 N–H and O–H groups in total. The standard InChI is InChI=1S/C13H26N2O/c1-4-11(2)9-12(16)15-7-5-13(3,10-14)6-8-15/h11H,4-10,14H2,1-3H3. The van der Waals surface area contributed by atoms with Crippen molar-refractivity contribution < 1.29 is 4.79 Å². The van der Waals surface area contributed by atoms with Crippen LogP contribution < -0.4 is 5.73 Å². The van der Waals surface area contributed by atoms with Crippen molar-refractivity contribution >= 4 is 5.91 Å². The molecule has 0 aromatic carbocycles. The topological polar surface area (TPSA) is 46.3 Å². The molecule has 1 aliphatic heterocycles. The third kappa shape index (κ3) is 3.48. The first kappa shape index (κ1) is 13.5. The SMILES string of the molecule is CCC(C)CC(=O)N1CCC(C)(CN)CC1. The smallest absolute Gasteiger partial charge is 0.222 e. The van der Waals surface area contributed by atoms with Crippen molar-refractivity contribution in [1.82, 2.24) is 4.90 Å². The van der Waals surface area contributed by atoms with Crippen LogP contribution in [0.3, 0.4) is 0 Å². The highest BCUT2D eigenvalue weighted by atomic mass is 16.2. The van der Waals surface area contributed by atoms with Gasteiger partial charge in [-0.1, -0.05) is 27.2 Å². The van der Waals surface area contributed by atoms with E-state index in [9.17, 15) is 4.79 Å².